The largest absolute Gasteiger partial charge is 0.254 e. The van der Waals surface area contributed by atoms with Gasteiger partial charge in [0, 0.05) is 50.0 Å². The molecule has 0 fully saturated rings. The van der Waals surface area contributed by atoms with E-state index < -0.39 is 0 Å². The molecule has 4 heterocycles. The Morgan fingerprint density at radius 1 is 0.413 bits per heavy atom. The fourth-order valence-electron chi connectivity index (χ4n) is 6.36. The summed E-state index contributed by atoms with van der Waals surface area (Å²) in [5, 5.41) is 5.43. The molecule has 214 valence electrons. The fraction of sp³-hybridized carbons (Fsp3) is 0. The summed E-state index contributed by atoms with van der Waals surface area (Å²) < 4.78 is 0. The first-order chi connectivity index (χ1) is 22.8. The predicted molar refractivity (Wildman–Crippen MR) is 187 cm³/mol. The first kappa shape index (κ1) is 26.1. The van der Waals surface area contributed by atoms with Crippen molar-refractivity contribution in [2.45, 2.75) is 0 Å². The summed E-state index contributed by atoms with van der Waals surface area (Å²) in [6, 6.07) is 47.7. The zero-order chi connectivity index (χ0) is 30.5. The second-order valence-electron chi connectivity index (χ2n) is 11.3. The van der Waals surface area contributed by atoms with Crippen molar-refractivity contribution in [3.05, 3.63) is 152 Å². The lowest BCUT2D eigenvalue weighted by Gasteiger charge is -2.14. The molecule has 0 atom stereocenters. The predicted octanol–water partition coefficient (Wildman–Crippen LogP) is 9.94. The molecule has 0 N–H and O–H groups in total. The van der Waals surface area contributed by atoms with E-state index in [0.29, 0.717) is 5.82 Å². The Labute approximate surface area is 264 Å². The van der Waals surface area contributed by atoms with Crippen molar-refractivity contribution >= 4 is 43.5 Å². The van der Waals surface area contributed by atoms with E-state index in [9.17, 15) is 0 Å². The van der Waals surface area contributed by atoms with Gasteiger partial charge in [-0.2, -0.15) is 0 Å². The van der Waals surface area contributed by atoms with Crippen molar-refractivity contribution < 1.29 is 0 Å². The summed E-state index contributed by atoms with van der Waals surface area (Å²) in [6.07, 6.45) is 3.71. The minimum absolute atomic E-state index is 0.691. The van der Waals surface area contributed by atoms with Gasteiger partial charge in [-0.1, -0.05) is 121 Å². The lowest BCUT2D eigenvalue weighted by atomic mass is 9.96. The number of rotatable bonds is 4. The minimum atomic E-state index is 0.691. The molecule has 5 heteroatoms. The molecular formula is C41H25N5. The lowest BCUT2D eigenvalue weighted by Crippen LogP contribution is -1.96. The Morgan fingerprint density at radius 3 is 1.93 bits per heavy atom. The first-order valence-electron chi connectivity index (χ1n) is 15.3. The van der Waals surface area contributed by atoms with Crippen LogP contribution in [0, 0.1) is 0 Å². The van der Waals surface area contributed by atoms with E-state index in [1.807, 2.05) is 67.0 Å². The monoisotopic (exact) mass is 587 g/mol. The molecule has 4 aromatic heterocycles. The van der Waals surface area contributed by atoms with Crippen molar-refractivity contribution in [3.63, 3.8) is 0 Å². The van der Waals surface area contributed by atoms with Crippen molar-refractivity contribution in [2.24, 2.45) is 0 Å². The first-order valence-corrected chi connectivity index (χ1v) is 15.3. The number of nitrogens with zero attached hydrogens (tertiary/aromatic N) is 5. The maximum Gasteiger partial charge on any atom is 0.160 e. The topological polar surface area (TPSA) is 64.5 Å². The molecule has 9 aromatic rings. The highest BCUT2D eigenvalue weighted by atomic mass is 14.9. The van der Waals surface area contributed by atoms with Gasteiger partial charge in [0.05, 0.1) is 39.8 Å². The van der Waals surface area contributed by atoms with Gasteiger partial charge in [-0.25, -0.2) is 15.0 Å². The lowest BCUT2D eigenvalue weighted by molar-refractivity contribution is 1.18. The zero-order valence-corrected chi connectivity index (χ0v) is 24.7. The molecule has 0 amide bonds. The molecule has 9 rings (SSSR count). The minimum Gasteiger partial charge on any atom is -0.254 e. The average molecular weight is 588 g/mol. The summed E-state index contributed by atoms with van der Waals surface area (Å²) >= 11 is 0. The third-order valence-corrected chi connectivity index (χ3v) is 8.53. The Balaban J connectivity index is 1.24. The molecule has 5 nitrogen and oxygen atoms in total. The summed E-state index contributed by atoms with van der Waals surface area (Å²) in [5.74, 6) is 0.691. The maximum absolute atomic E-state index is 5.25. The SMILES string of the molecule is c1ccc(-c2cc(-c3cccc(-c4nc5cnc6c(ccc7cccnc76)c5c5ccccc45)c3)nc(-c3ccccc3)n2)cc1. The molecule has 0 unspecified atom stereocenters. The van der Waals surface area contributed by atoms with Crippen LogP contribution in [0.25, 0.3) is 88.6 Å². The van der Waals surface area contributed by atoms with Crippen LogP contribution in [-0.4, -0.2) is 24.9 Å². The van der Waals surface area contributed by atoms with Crippen LogP contribution < -0.4 is 0 Å². The molecule has 5 aromatic carbocycles. The van der Waals surface area contributed by atoms with E-state index in [1.54, 1.807) is 0 Å². The standard InChI is InChI=1S/C41H25N5/c1-3-11-26(12-4-1)34-24-35(46-41(45-34)28-13-5-2-6-14-28)29-15-9-16-30(23-29)38-32-19-8-7-18-31(32)37-33-21-20-27-17-10-22-42-39(27)40(33)43-25-36(37)44-38/h1-25H. The maximum atomic E-state index is 5.25. The van der Waals surface area contributed by atoms with Gasteiger partial charge < -0.3 is 0 Å². The fourth-order valence-corrected chi connectivity index (χ4v) is 6.36. The third kappa shape index (κ3) is 4.37. The number of fused-ring (bicyclic) bond motifs is 7. The number of hydrogen-bond acceptors (Lipinski definition) is 5. The third-order valence-electron chi connectivity index (χ3n) is 8.53. The smallest absolute Gasteiger partial charge is 0.160 e. The Bertz CT molecular complexity index is 2520. The molecule has 0 saturated carbocycles. The van der Waals surface area contributed by atoms with Crippen molar-refractivity contribution in [3.8, 4) is 45.2 Å². The number of pyridine rings is 3. The normalized spacial score (nSPS) is 11.5. The second-order valence-corrected chi connectivity index (χ2v) is 11.3. The van der Waals surface area contributed by atoms with E-state index in [2.05, 4.69) is 89.9 Å². The van der Waals surface area contributed by atoms with Crippen molar-refractivity contribution in [1.29, 1.82) is 0 Å². The van der Waals surface area contributed by atoms with Crippen LogP contribution in [0.1, 0.15) is 0 Å². The van der Waals surface area contributed by atoms with Gasteiger partial charge in [0.25, 0.3) is 0 Å². The Hall–Kier alpha value is -6.33. The Kier molecular flexibility index (Phi) is 6.06. The molecule has 0 aliphatic carbocycles. The molecule has 0 aliphatic rings. The molecule has 0 aliphatic heterocycles. The van der Waals surface area contributed by atoms with Gasteiger partial charge in [-0.15, -0.1) is 0 Å². The van der Waals surface area contributed by atoms with Gasteiger partial charge in [-0.05, 0) is 23.6 Å². The number of aromatic nitrogens is 5. The molecule has 46 heavy (non-hydrogen) atoms. The summed E-state index contributed by atoms with van der Waals surface area (Å²) in [7, 11) is 0. The van der Waals surface area contributed by atoms with Crippen LogP contribution in [0.3, 0.4) is 0 Å². The van der Waals surface area contributed by atoms with Crippen LogP contribution in [0.5, 0.6) is 0 Å². The highest BCUT2D eigenvalue weighted by Gasteiger charge is 2.16. The molecule has 0 radical (unpaired) electrons. The second kappa shape index (κ2) is 10.7. The van der Waals surface area contributed by atoms with E-state index in [1.165, 1.54) is 0 Å². The average Bonchev–Trinajstić information content (AvgIpc) is 3.14. The highest BCUT2D eigenvalue weighted by molar-refractivity contribution is 6.23. The molecule has 0 spiro atoms. The quantitative estimate of drug-likeness (QED) is 0.192. The summed E-state index contributed by atoms with van der Waals surface area (Å²) in [4.78, 5) is 24.8. The van der Waals surface area contributed by atoms with E-state index in [-0.39, 0.29) is 0 Å². The van der Waals surface area contributed by atoms with Crippen LogP contribution in [-0.2, 0) is 0 Å². The van der Waals surface area contributed by atoms with E-state index in [0.717, 1.165) is 82.8 Å². The van der Waals surface area contributed by atoms with Gasteiger partial charge in [-0.3, -0.25) is 9.97 Å². The van der Waals surface area contributed by atoms with Crippen molar-refractivity contribution in [1.82, 2.24) is 24.9 Å². The van der Waals surface area contributed by atoms with Crippen LogP contribution in [0.4, 0.5) is 0 Å². The van der Waals surface area contributed by atoms with Crippen LogP contribution in [0.2, 0.25) is 0 Å². The van der Waals surface area contributed by atoms with Gasteiger partial charge in [0.15, 0.2) is 5.82 Å². The zero-order valence-electron chi connectivity index (χ0n) is 24.7. The molecule has 0 saturated heterocycles. The van der Waals surface area contributed by atoms with Gasteiger partial charge in [0.1, 0.15) is 0 Å². The number of benzene rings is 5. The molecule has 0 bridgehead atoms. The molecular weight excluding hydrogens is 562 g/mol. The van der Waals surface area contributed by atoms with E-state index >= 15 is 0 Å². The van der Waals surface area contributed by atoms with Gasteiger partial charge in [0.2, 0.25) is 0 Å². The highest BCUT2D eigenvalue weighted by Crippen LogP contribution is 2.38. The summed E-state index contributed by atoms with van der Waals surface area (Å²) in [6.45, 7) is 0. The van der Waals surface area contributed by atoms with Crippen molar-refractivity contribution in [2.75, 3.05) is 0 Å². The summed E-state index contributed by atoms with van der Waals surface area (Å²) in [5.41, 5.74) is 9.30. The van der Waals surface area contributed by atoms with Crippen LogP contribution >= 0.6 is 0 Å². The van der Waals surface area contributed by atoms with E-state index in [4.69, 9.17) is 19.9 Å². The van der Waals surface area contributed by atoms with Gasteiger partial charge >= 0.3 is 0 Å². The Morgan fingerprint density at radius 2 is 1.11 bits per heavy atom. The number of hydrogen-bond donors (Lipinski definition) is 0. The van der Waals surface area contributed by atoms with Crippen LogP contribution in [0.15, 0.2) is 152 Å².